The molecule has 3 aromatic rings. The quantitative estimate of drug-likeness (QED) is 0.444. The zero-order valence-electron chi connectivity index (χ0n) is 24.7. The third kappa shape index (κ3) is 5.51. The van der Waals surface area contributed by atoms with Crippen molar-refractivity contribution in [3.05, 3.63) is 35.3 Å². The summed E-state index contributed by atoms with van der Waals surface area (Å²) < 4.78 is 49.7. The highest BCUT2D eigenvalue weighted by Crippen LogP contribution is 2.41. The van der Waals surface area contributed by atoms with Gasteiger partial charge in [-0.1, -0.05) is 0 Å². The zero-order valence-corrected chi connectivity index (χ0v) is 24.7. The molecular weight excluding hydrogens is 556 g/mol. The highest BCUT2D eigenvalue weighted by atomic mass is 19.1. The highest BCUT2D eigenvalue weighted by Gasteiger charge is 2.49. The Balaban J connectivity index is 1.36. The first-order valence-corrected chi connectivity index (χ1v) is 15.6. The predicted octanol–water partition coefficient (Wildman–Crippen LogP) is 5.10. The molecule has 230 valence electrons. The summed E-state index contributed by atoms with van der Waals surface area (Å²) in [6.07, 6.45) is 6.62. The molecule has 0 spiro atoms. The van der Waals surface area contributed by atoms with Gasteiger partial charge < -0.3 is 24.2 Å². The van der Waals surface area contributed by atoms with Crippen LogP contribution in [0.4, 0.5) is 14.6 Å². The van der Waals surface area contributed by atoms with E-state index < -0.39 is 12.0 Å². The van der Waals surface area contributed by atoms with Gasteiger partial charge in [0, 0.05) is 51.0 Å². The minimum Gasteiger partial charge on any atom is -0.508 e. The molecule has 1 aromatic carbocycles. The van der Waals surface area contributed by atoms with Crippen LogP contribution in [-0.4, -0.2) is 88.8 Å². The minimum atomic E-state index is -0.882. The lowest BCUT2D eigenvalue weighted by molar-refractivity contribution is 0.0313. The number of pyridine rings is 1. The molecule has 43 heavy (non-hydrogen) atoms. The second kappa shape index (κ2) is 11.7. The number of hydrogen-bond acceptors (Lipinski definition) is 9. The Morgan fingerprint density at radius 1 is 1.12 bits per heavy atom. The molecule has 0 radical (unpaired) electrons. The number of aryl methyl sites for hydroxylation is 1. The molecule has 3 saturated heterocycles. The van der Waals surface area contributed by atoms with Crippen LogP contribution in [0.25, 0.3) is 22.2 Å². The first-order valence-electron chi connectivity index (χ1n) is 15.6. The van der Waals surface area contributed by atoms with Gasteiger partial charge in [0.2, 0.25) is 0 Å². The number of benzene rings is 1. The number of alkyl halides is 1. The molecule has 11 heteroatoms. The Hall–Kier alpha value is -3.15. The standard InChI is InChI=1S/C32H39F2N5O4/c1-20-12-22(40)13-24-26(20)18-41-10-5-11-42-23-6-2-3-8-38(17-23)30-25-15-35-28(24)27(34)29(25)36-31(37-30)43-19-32-7-4-9-39(32)16-21(33)14-32/h12-13,15,21,23,40H,2-11,14,16-19H2,1H3/t21-,23?,32+/m1/s1. The van der Waals surface area contributed by atoms with Crippen molar-refractivity contribution in [1.82, 2.24) is 19.9 Å². The van der Waals surface area contributed by atoms with Gasteiger partial charge in [0.15, 0.2) is 5.82 Å². The number of aromatic nitrogens is 3. The lowest BCUT2D eigenvalue weighted by Gasteiger charge is -2.31. The summed E-state index contributed by atoms with van der Waals surface area (Å²) in [7, 11) is 0. The minimum absolute atomic E-state index is 0.00118. The van der Waals surface area contributed by atoms with Gasteiger partial charge in [-0.25, -0.2) is 8.78 Å². The maximum absolute atomic E-state index is 16.7. The van der Waals surface area contributed by atoms with Crippen LogP contribution in [0.15, 0.2) is 18.3 Å². The van der Waals surface area contributed by atoms with Gasteiger partial charge in [-0.15, -0.1) is 0 Å². The smallest absolute Gasteiger partial charge is 0.319 e. The average molecular weight is 596 g/mol. The van der Waals surface area contributed by atoms with Gasteiger partial charge in [0.05, 0.1) is 23.6 Å². The Morgan fingerprint density at radius 3 is 2.93 bits per heavy atom. The first kappa shape index (κ1) is 28.6. The number of nitrogens with zero attached hydrogens (tertiary/aromatic N) is 5. The Morgan fingerprint density at radius 2 is 2.02 bits per heavy atom. The Labute approximate surface area is 250 Å². The number of ether oxygens (including phenoxy) is 3. The maximum Gasteiger partial charge on any atom is 0.319 e. The molecule has 0 saturated carbocycles. The van der Waals surface area contributed by atoms with E-state index in [1.807, 2.05) is 6.92 Å². The van der Waals surface area contributed by atoms with Gasteiger partial charge in [-0.2, -0.15) is 9.97 Å². The number of halogens is 2. The van der Waals surface area contributed by atoms with E-state index in [0.29, 0.717) is 49.5 Å². The summed E-state index contributed by atoms with van der Waals surface area (Å²) in [6.45, 7) is 6.03. The first-order chi connectivity index (χ1) is 20.9. The lowest BCUT2D eigenvalue weighted by Crippen LogP contribution is -2.43. The molecule has 5 aliphatic rings. The van der Waals surface area contributed by atoms with Crippen LogP contribution in [0.3, 0.4) is 0 Å². The van der Waals surface area contributed by atoms with E-state index in [9.17, 15) is 9.50 Å². The molecule has 1 N–H and O–H groups in total. The van der Waals surface area contributed by atoms with Crippen molar-refractivity contribution in [1.29, 1.82) is 0 Å². The number of rotatable bonds is 3. The van der Waals surface area contributed by atoms with Crippen molar-refractivity contribution in [3.63, 3.8) is 0 Å². The predicted molar refractivity (Wildman–Crippen MR) is 158 cm³/mol. The van der Waals surface area contributed by atoms with Crippen molar-refractivity contribution in [2.24, 2.45) is 0 Å². The molecule has 0 amide bonds. The van der Waals surface area contributed by atoms with E-state index in [0.717, 1.165) is 62.7 Å². The van der Waals surface area contributed by atoms with Crippen LogP contribution in [0.5, 0.6) is 11.8 Å². The second-order valence-electron chi connectivity index (χ2n) is 12.5. The Bertz CT molecular complexity index is 1510. The topological polar surface area (TPSA) is 93.1 Å². The van der Waals surface area contributed by atoms with Crippen molar-refractivity contribution < 1.29 is 28.1 Å². The summed E-state index contributed by atoms with van der Waals surface area (Å²) in [4.78, 5) is 18.3. The van der Waals surface area contributed by atoms with E-state index in [1.54, 1.807) is 12.3 Å². The summed E-state index contributed by atoms with van der Waals surface area (Å²) in [5.41, 5.74) is 1.79. The second-order valence-corrected chi connectivity index (χ2v) is 12.5. The van der Waals surface area contributed by atoms with Crippen molar-refractivity contribution >= 4 is 16.7 Å². The molecule has 3 atom stereocenters. The third-order valence-electron chi connectivity index (χ3n) is 9.55. The molecule has 0 aliphatic carbocycles. The number of phenols is 1. The van der Waals surface area contributed by atoms with Gasteiger partial charge in [0.25, 0.3) is 0 Å². The maximum atomic E-state index is 16.7. The SMILES string of the molecule is Cc1cc(O)cc2c1COCCCOC1CCCCN(C1)c1nc(OC[C@@]34CCCN3C[C@H](F)C4)nc3c(F)c-2ncc13. The summed E-state index contributed by atoms with van der Waals surface area (Å²) in [5, 5.41) is 10.9. The molecular formula is C32H39F2N5O4. The van der Waals surface area contributed by atoms with E-state index in [-0.39, 0.29) is 47.8 Å². The molecule has 3 fully saturated rings. The van der Waals surface area contributed by atoms with E-state index >= 15 is 4.39 Å². The number of anilines is 1. The van der Waals surface area contributed by atoms with Crippen molar-refractivity contribution in [3.8, 4) is 23.0 Å². The summed E-state index contributed by atoms with van der Waals surface area (Å²) in [6, 6.07) is 3.24. The molecule has 7 heterocycles. The van der Waals surface area contributed by atoms with E-state index in [2.05, 4.69) is 19.8 Å². The number of hydrogen-bond donors (Lipinski definition) is 1. The third-order valence-corrected chi connectivity index (χ3v) is 9.55. The molecule has 9 nitrogen and oxygen atoms in total. The van der Waals surface area contributed by atoms with Crippen LogP contribution in [0.2, 0.25) is 0 Å². The number of phenolic OH excluding ortho intramolecular Hbond substituents is 1. The van der Waals surface area contributed by atoms with Crippen LogP contribution < -0.4 is 9.64 Å². The molecule has 2 aromatic heterocycles. The number of aromatic hydroxyl groups is 1. The number of fused-ring (bicyclic) bond motifs is 7. The van der Waals surface area contributed by atoms with E-state index in [4.69, 9.17) is 19.2 Å². The summed E-state index contributed by atoms with van der Waals surface area (Å²) in [5.74, 6) is -0.0319. The molecule has 8 rings (SSSR count). The van der Waals surface area contributed by atoms with Gasteiger partial charge in [-0.05, 0) is 75.3 Å². The highest BCUT2D eigenvalue weighted by molar-refractivity contribution is 5.92. The normalized spacial score (nSPS) is 26.5. The van der Waals surface area contributed by atoms with Crippen molar-refractivity contribution in [2.45, 2.75) is 76.3 Å². The van der Waals surface area contributed by atoms with Crippen LogP contribution in [-0.2, 0) is 16.1 Å². The van der Waals surface area contributed by atoms with Gasteiger partial charge in [-0.3, -0.25) is 9.88 Å². The fraction of sp³-hybridized carbons (Fsp3) is 0.594. The molecule has 6 bridgehead atoms. The Kier molecular flexibility index (Phi) is 7.81. The lowest BCUT2D eigenvalue weighted by atomic mass is 9.95. The van der Waals surface area contributed by atoms with Crippen LogP contribution in [0.1, 0.15) is 56.1 Å². The fourth-order valence-electron chi connectivity index (χ4n) is 7.38. The van der Waals surface area contributed by atoms with Crippen LogP contribution in [0, 0.1) is 12.7 Å². The van der Waals surface area contributed by atoms with Gasteiger partial charge in [0.1, 0.15) is 35.6 Å². The van der Waals surface area contributed by atoms with E-state index in [1.165, 1.54) is 6.07 Å². The molecule has 1 unspecified atom stereocenters. The monoisotopic (exact) mass is 595 g/mol. The largest absolute Gasteiger partial charge is 0.508 e. The van der Waals surface area contributed by atoms with Crippen LogP contribution >= 0.6 is 0 Å². The average Bonchev–Trinajstić information content (AvgIpc) is 3.39. The molecule has 5 aliphatic heterocycles. The van der Waals surface area contributed by atoms with Crippen molar-refractivity contribution in [2.75, 3.05) is 50.9 Å². The zero-order chi connectivity index (χ0) is 29.6. The summed E-state index contributed by atoms with van der Waals surface area (Å²) >= 11 is 0. The fourth-order valence-corrected chi connectivity index (χ4v) is 7.38. The van der Waals surface area contributed by atoms with Gasteiger partial charge >= 0.3 is 6.01 Å².